The number of aliphatic hydroxyl groups is 1. The number of amides is 2. The molecule has 1 unspecified atom stereocenters. The Hall–Kier alpha value is -2.45. The molecule has 0 radical (unpaired) electrons. The van der Waals surface area contributed by atoms with E-state index in [0.29, 0.717) is 30.7 Å². The summed E-state index contributed by atoms with van der Waals surface area (Å²) in [5.41, 5.74) is 0.380. The van der Waals surface area contributed by atoms with Crippen LogP contribution in [0.5, 0.6) is 5.75 Å². The summed E-state index contributed by atoms with van der Waals surface area (Å²) in [5.74, 6) is 1.47. The van der Waals surface area contributed by atoms with Gasteiger partial charge in [0.25, 0.3) is 0 Å². The van der Waals surface area contributed by atoms with E-state index in [-0.39, 0.29) is 17.1 Å². The van der Waals surface area contributed by atoms with Crippen LogP contribution in [0.25, 0.3) is 0 Å². The van der Waals surface area contributed by atoms with Crippen molar-refractivity contribution in [1.29, 1.82) is 0 Å². The molecule has 35 heavy (non-hydrogen) atoms. The second-order valence-electron chi connectivity index (χ2n) is 11.3. The van der Waals surface area contributed by atoms with Gasteiger partial charge in [-0.15, -0.1) is 0 Å². The van der Waals surface area contributed by atoms with E-state index in [1.165, 1.54) is 5.57 Å². The van der Waals surface area contributed by atoms with E-state index in [1.54, 1.807) is 24.4 Å². The fourth-order valence-electron chi connectivity index (χ4n) is 6.69. The van der Waals surface area contributed by atoms with Crippen LogP contribution >= 0.6 is 0 Å². The van der Waals surface area contributed by atoms with Crippen molar-refractivity contribution >= 4 is 12.0 Å². The molecule has 3 aliphatic carbocycles. The van der Waals surface area contributed by atoms with Crippen molar-refractivity contribution in [1.82, 2.24) is 19.8 Å². The molecule has 1 aromatic heterocycles. The molecule has 190 valence electrons. The molecule has 1 spiro atoms. The van der Waals surface area contributed by atoms with E-state index in [4.69, 9.17) is 4.74 Å². The Morgan fingerprint density at radius 1 is 1.14 bits per heavy atom. The van der Waals surface area contributed by atoms with Gasteiger partial charge in [0.15, 0.2) is 5.75 Å². The third kappa shape index (κ3) is 4.04. The maximum absolute atomic E-state index is 13.8. The van der Waals surface area contributed by atoms with Crippen LogP contribution in [-0.4, -0.2) is 81.9 Å². The van der Waals surface area contributed by atoms with Crippen LogP contribution in [0.3, 0.4) is 0 Å². The zero-order valence-electron chi connectivity index (χ0n) is 21.5. The minimum Gasteiger partial charge on any atom is -0.494 e. The number of β-amino-alcohol motifs (C(OH)–C–C–N with tert-alkyl or cyclic N) is 1. The Morgan fingerprint density at radius 2 is 1.83 bits per heavy atom. The number of anilines is 1. The van der Waals surface area contributed by atoms with Crippen molar-refractivity contribution in [2.45, 2.75) is 75.0 Å². The monoisotopic (exact) mass is 481 g/mol. The van der Waals surface area contributed by atoms with E-state index in [2.05, 4.69) is 54.1 Å². The first-order valence-corrected chi connectivity index (χ1v) is 12.9. The van der Waals surface area contributed by atoms with E-state index in [1.807, 2.05) is 4.90 Å². The molecule has 1 aliphatic heterocycles. The van der Waals surface area contributed by atoms with E-state index in [9.17, 15) is 9.90 Å². The van der Waals surface area contributed by atoms with Crippen LogP contribution in [0.4, 0.5) is 10.7 Å². The van der Waals surface area contributed by atoms with Crippen LogP contribution in [-0.2, 0) is 0 Å². The quantitative estimate of drug-likeness (QED) is 0.666. The molecular weight excluding hydrogens is 442 g/mol. The summed E-state index contributed by atoms with van der Waals surface area (Å²) in [5, 5.41) is 11.1. The fourth-order valence-corrected chi connectivity index (χ4v) is 6.69. The Bertz CT molecular complexity index is 1010. The van der Waals surface area contributed by atoms with Crippen LogP contribution in [0.15, 0.2) is 36.2 Å². The number of aromatic nitrogens is 2. The highest BCUT2D eigenvalue weighted by molar-refractivity contribution is 5.93. The van der Waals surface area contributed by atoms with E-state index in [0.717, 1.165) is 51.4 Å². The average molecular weight is 482 g/mol. The third-order valence-corrected chi connectivity index (χ3v) is 9.15. The van der Waals surface area contributed by atoms with Gasteiger partial charge in [-0.1, -0.05) is 25.2 Å². The summed E-state index contributed by atoms with van der Waals surface area (Å²) in [4.78, 5) is 28.7. The first kappa shape index (κ1) is 24.3. The lowest BCUT2D eigenvalue weighted by molar-refractivity contribution is -0.0707. The van der Waals surface area contributed by atoms with Crippen LogP contribution in [0, 0.1) is 5.92 Å². The topological polar surface area (TPSA) is 82.0 Å². The number of rotatable bonds is 6. The van der Waals surface area contributed by atoms with E-state index >= 15 is 0 Å². The highest BCUT2D eigenvalue weighted by Gasteiger charge is 2.57. The zero-order valence-corrected chi connectivity index (χ0v) is 21.5. The maximum atomic E-state index is 13.8. The predicted molar refractivity (Wildman–Crippen MR) is 135 cm³/mol. The number of likely N-dealkylation sites (N-methyl/N-ethyl adjacent to an activating group) is 1. The van der Waals surface area contributed by atoms with Crippen LogP contribution < -0.4 is 9.64 Å². The van der Waals surface area contributed by atoms with Gasteiger partial charge in [-0.05, 0) is 77.0 Å². The van der Waals surface area contributed by atoms with Crippen molar-refractivity contribution in [3.8, 4) is 5.75 Å². The molecule has 5 rings (SSSR count). The van der Waals surface area contributed by atoms with Gasteiger partial charge in [-0.3, -0.25) is 9.80 Å². The Morgan fingerprint density at radius 3 is 2.37 bits per heavy atom. The van der Waals surface area contributed by atoms with Gasteiger partial charge in [0, 0.05) is 5.54 Å². The van der Waals surface area contributed by atoms with Crippen molar-refractivity contribution in [2.75, 3.05) is 39.2 Å². The standard InChI is InChI=1S/C27H39N5O3/c1-20-8-5-6-9-22(20)27(30(2)3)14-12-25(13-15-27)18-31(23-28-16-21(35-4)17-29-23)24(33)32(25)19-26(34)10-7-11-26/h5-6,9,16-17,20,34H,7-8,10-15,18-19H2,1-4H3/t20?,25-,27+. The number of hydrogen-bond acceptors (Lipinski definition) is 6. The number of methoxy groups -OCH3 is 1. The number of nitrogens with zero attached hydrogens (tertiary/aromatic N) is 5. The highest BCUT2D eigenvalue weighted by Crippen LogP contribution is 2.50. The summed E-state index contributed by atoms with van der Waals surface area (Å²) in [6.45, 7) is 3.26. The lowest BCUT2D eigenvalue weighted by Gasteiger charge is -2.54. The van der Waals surface area contributed by atoms with Crippen molar-refractivity contribution in [2.24, 2.45) is 5.92 Å². The molecule has 0 aromatic carbocycles. The second kappa shape index (κ2) is 8.89. The second-order valence-corrected chi connectivity index (χ2v) is 11.3. The SMILES string of the molecule is COc1cnc(N2C[C@]3(CC[C@](C4=CC=CCC4C)(N(C)C)CC3)N(CC3(O)CCC3)C2=O)nc1. The summed E-state index contributed by atoms with van der Waals surface area (Å²) < 4.78 is 5.20. The average Bonchev–Trinajstić information content (AvgIpc) is 3.10. The Balaban J connectivity index is 1.45. The van der Waals surface area contributed by atoms with Gasteiger partial charge in [0.2, 0.25) is 5.95 Å². The molecule has 8 nitrogen and oxygen atoms in total. The third-order valence-electron chi connectivity index (χ3n) is 9.15. The Labute approximate surface area is 208 Å². The highest BCUT2D eigenvalue weighted by atomic mass is 16.5. The number of carbonyl (C=O) groups excluding carboxylic acids is 1. The molecule has 2 amide bonds. The van der Waals surface area contributed by atoms with Crippen LogP contribution in [0.1, 0.15) is 58.3 Å². The molecule has 4 aliphatic rings. The molecule has 2 saturated carbocycles. The molecule has 2 heterocycles. The minimum atomic E-state index is -0.777. The lowest BCUT2D eigenvalue weighted by Crippen LogP contribution is -2.61. The molecule has 0 bridgehead atoms. The van der Waals surface area contributed by atoms with Gasteiger partial charge < -0.3 is 14.7 Å². The first-order valence-electron chi connectivity index (χ1n) is 12.9. The van der Waals surface area contributed by atoms with Crippen LogP contribution in [0.2, 0.25) is 0 Å². The number of carbonyl (C=O) groups is 1. The molecule has 1 saturated heterocycles. The normalized spacial score (nSPS) is 32.2. The van der Waals surface area contributed by atoms with Crippen molar-refractivity contribution < 1.29 is 14.6 Å². The fraction of sp³-hybridized carbons (Fsp3) is 0.667. The van der Waals surface area contributed by atoms with Gasteiger partial charge in [-0.25, -0.2) is 14.8 Å². The lowest BCUT2D eigenvalue weighted by atomic mass is 9.64. The van der Waals surface area contributed by atoms with Crippen molar-refractivity contribution in [3.63, 3.8) is 0 Å². The smallest absolute Gasteiger partial charge is 0.327 e. The molecular formula is C27H39N5O3. The summed E-state index contributed by atoms with van der Waals surface area (Å²) in [6, 6.07) is -0.0963. The molecule has 1 atom stereocenters. The summed E-state index contributed by atoms with van der Waals surface area (Å²) in [7, 11) is 5.96. The first-order chi connectivity index (χ1) is 16.7. The molecule has 8 heteroatoms. The van der Waals surface area contributed by atoms with Gasteiger partial charge in [0.1, 0.15) is 0 Å². The predicted octanol–water partition coefficient (Wildman–Crippen LogP) is 3.78. The molecule has 1 aromatic rings. The number of urea groups is 1. The number of hydrogen-bond donors (Lipinski definition) is 1. The van der Waals surface area contributed by atoms with Crippen molar-refractivity contribution in [3.05, 3.63) is 36.2 Å². The summed E-state index contributed by atoms with van der Waals surface area (Å²) >= 11 is 0. The summed E-state index contributed by atoms with van der Waals surface area (Å²) in [6.07, 6.45) is 17.3. The van der Waals surface area contributed by atoms with Gasteiger partial charge >= 0.3 is 6.03 Å². The molecule has 3 fully saturated rings. The van der Waals surface area contributed by atoms with E-state index < -0.39 is 5.60 Å². The minimum absolute atomic E-state index is 0.0124. The largest absolute Gasteiger partial charge is 0.494 e. The molecule has 1 N–H and O–H groups in total. The van der Waals surface area contributed by atoms with Gasteiger partial charge in [0.05, 0.1) is 43.7 Å². The zero-order chi connectivity index (χ0) is 24.8. The number of allylic oxidation sites excluding steroid dienone is 3. The number of ether oxygens (including phenoxy) is 1. The van der Waals surface area contributed by atoms with Gasteiger partial charge in [-0.2, -0.15) is 0 Å². The Kier molecular flexibility index (Phi) is 6.16. The maximum Gasteiger partial charge on any atom is 0.327 e.